The van der Waals surface area contributed by atoms with E-state index in [0.29, 0.717) is 18.3 Å². The lowest BCUT2D eigenvalue weighted by Gasteiger charge is -2.23. The first kappa shape index (κ1) is 30.6. The van der Waals surface area contributed by atoms with Gasteiger partial charge in [0.1, 0.15) is 12.2 Å². The van der Waals surface area contributed by atoms with E-state index in [2.05, 4.69) is 26.0 Å². The van der Waals surface area contributed by atoms with Gasteiger partial charge in [-0.15, -0.1) is 0 Å². The van der Waals surface area contributed by atoms with Crippen LogP contribution in [0.25, 0.3) is 0 Å². The second-order valence-electron chi connectivity index (χ2n) is 10.3. The van der Waals surface area contributed by atoms with Gasteiger partial charge in [-0.3, -0.25) is 14.4 Å². The Bertz CT molecular complexity index is 860. The first-order chi connectivity index (χ1) is 17.5. The lowest BCUT2D eigenvalue weighted by Crippen LogP contribution is -2.26. The molecule has 0 heterocycles. The molecule has 7 atom stereocenters. The highest BCUT2D eigenvalue weighted by Gasteiger charge is 2.47. The fraction of sp³-hybridized carbons (Fsp3) is 0.724. The van der Waals surface area contributed by atoms with Crippen LogP contribution in [0.5, 0.6) is 0 Å². The summed E-state index contributed by atoms with van der Waals surface area (Å²) in [6, 6.07) is 0. The minimum Gasteiger partial charge on any atom is -0.463 e. The molecule has 0 aromatic rings. The van der Waals surface area contributed by atoms with Crippen LogP contribution in [0, 0.1) is 23.7 Å². The topological polar surface area (TPSA) is 105 Å². The minimum absolute atomic E-state index is 0.0706. The number of allylic oxidation sites excluding steroid dienone is 2. The van der Waals surface area contributed by atoms with Crippen LogP contribution in [0.4, 0.5) is 0 Å². The van der Waals surface area contributed by atoms with E-state index in [0.717, 1.165) is 32.1 Å². The number of esters is 4. The van der Waals surface area contributed by atoms with Crippen LogP contribution >= 0.6 is 0 Å². The number of fused-ring (bicyclic) bond motifs is 1. The summed E-state index contributed by atoms with van der Waals surface area (Å²) in [6.45, 7) is 10.5. The van der Waals surface area contributed by atoms with Crippen molar-refractivity contribution < 1.29 is 38.1 Å². The Labute approximate surface area is 221 Å². The molecule has 0 aromatic heterocycles. The van der Waals surface area contributed by atoms with Crippen molar-refractivity contribution in [3.63, 3.8) is 0 Å². The molecule has 0 aromatic carbocycles. The zero-order valence-electron chi connectivity index (χ0n) is 23.2. The van der Waals surface area contributed by atoms with Crippen molar-refractivity contribution >= 4 is 23.9 Å². The highest BCUT2D eigenvalue weighted by molar-refractivity contribution is 5.79. The second-order valence-corrected chi connectivity index (χ2v) is 10.3. The SMILES string of the molecule is CCOC(=O)[C@@H](C)OC(=O)CCC/C=C1\C[C@H]2C[C@@H](OC(C)=O)[C@H](/C=C/[C@@H](OC(C)=O)C(C)CC)[C@H]2C1. The standard InChI is InChI=1S/C29H44O8/c1-7-18(3)26(36-20(5)30)14-13-24-25-16-22(15-23(25)17-27(24)37-21(6)31)11-9-10-12-28(32)35-19(4)29(33)34-8-2/h11,13-14,18-19,23-27H,7-10,12,15-17H2,1-6H3/b14-13+,22-11+/t18?,19-,23+,24-,25+,26-,27-/m1/s1. The Kier molecular flexibility index (Phi) is 12.3. The molecule has 0 spiro atoms. The molecule has 2 aliphatic rings. The molecule has 0 bridgehead atoms. The van der Waals surface area contributed by atoms with E-state index in [9.17, 15) is 19.2 Å². The summed E-state index contributed by atoms with van der Waals surface area (Å²) < 4.78 is 21.2. The average Bonchev–Trinajstić information content (AvgIpc) is 3.35. The molecule has 37 heavy (non-hydrogen) atoms. The maximum atomic E-state index is 12.0. The molecule has 1 unspecified atom stereocenters. The zero-order valence-corrected chi connectivity index (χ0v) is 23.2. The molecule has 0 N–H and O–H groups in total. The Morgan fingerprint density at radius 1 is 1.03 bits per heavy atom. The second kappa shape index (κ2) is 14.9. The van der Waals surface area contributed by atoms with Gasteiger partial charge < -0.3 is 18.9 Å². The van der Waals surface area contributed by atoms with Crippen molar-refractivity contribution in [1.29, 1.82) is 0 Å². The van der Waals surface area contributed by atoms with Gasteiger partial charge in [-0.25, -0.2) is 4.79 Å². The van der Waals surface area contributed by atoms with E-state index in [4.69, 9.17) is 18.9 Å². The van der Waals surface area contributed by atoms with Gasteiger partial charge in [-0.05, 0) is 76.2 Å². The van der Waals surface area contributed by atoms with E-state index in [1.54, 1.807) is 6.92 Å². The maximum Gasteiger partial charge on any atom is 0.347 e. The van der Waals surface area contributed by atoms with Gasteiger partial charge in [0.15, 0.2) is 6.10 Å². The third-order valence-electron chi connectivity index (χ3n) is 7.38. The predicted molar refractivity (Wildman–Crippen MR) is 138 cm³/mol. The zero-order chi connectivity index (χ0) is 27.5. The third kappa shape index (κ3) is 9.63. The van der Waals surface area contributed by atoms with E-state index >= 15 is 0 Å². The Morgan fingerprint density at radius 3 is 2.38 bits per heavy atom. The molecule has 8 heteroatoms. The van der Waals surface area contributed by atoms with Gasteiger partial charge in [0.25, 0.3) is 0 Å². The van der Waals surface area contributed by atoms with Crippen molar-refractivity contribution in [2.45, 2.75) is 105 Å². The normalized spacial score (nSPS) is 26.4. The van der Waals surface area contributed by atoms with Gasteiger partial charge >= 0.3 is 23.9 Å². The first-order valence-electron chi connectivity index (χ1n) is 13.6. The van der Waals surface area contributed by atoms with E-state index in [1.807, 2.05) is 6.08 Å². The highest BCUT2D eigenvalue weighted by Crippen LogP contribution is 2.51. The quantitative estimate of drug-likeness (QED) is 0.143. The van der Waals surface area contributed by atoms with Crippen LogP contribution in [-0.4, -0.2) is 48.8 Å². The lowest BCUT2D eigenvalue weighted by molar-refractivity contribution is -0.166. The predicted octanol–water partition coefficient (Wildman–Crippen LogP) is 5.09. The summed E-state index contributed by atoms with van der Waals surface area (Å²) in [4.78, 5) is 47.0. The van der Waals surface area contributed by atoms with Gasteiger partial charge in [0.2, 0.25) is 0 Å². The number of hydrogen-bond donors (Lipinski definition) is 0. The first-order valence-corrected chi connectivity index (χ1v) is 13.6. The number of ether oxygens (including phenoxy) is 4. The molecule has 0 amide bonds. The molecule has 0 aliphatic heterocycles. The number of carbonyl (C=O) groups excluding carboxylic acids is 4. The van der Waals surface area contributed by atoms with Crippen LogP contribution in [0.2, 0.25) is 0 Å². The fourth-order valence-corrected chi connectivity index (χ4v) is 5.38. The monoisotopic (exact) mass is 520 g/mol. The minimum atomic E-state index is -0.893. The van der Waals surface area contributed by atoms with E-state index in [-0.39, 0.29) is 49.0 Å². The summed E-state index contributed by atoms with van der Waals surface area (Å²) in [7, 11) is 0. The molecule has 2 fully saturated rings. The lowest BCUT2D eigenvalue weighted by atomic mass is 9.89. The molecular weight excluding hydrogens is 476 g/mol. The van der Waals surface area contributed by atoms with E-state index in [1.165, 1.54) is 26.3 Å². The molecule has 8 nitrogen and oxygen atoms in total. The number of unbranched alkanes of at least 4 members (excludes halogenated alkanes) is 1. The van der Waals surface area contributed by atoms with Gasteiger partial charge in [-0.1, -0.05) is 31.6 Å². The molecule has 2 saturated carbocycles. The van der Waals surface area contributed by atoms with Crippen molar-refractivity contribution in [3.05, 3.63) is 23.8 Å². The number of carbonyl (C=O) groups is 4. The van der Waals surface area contributed by atoms with Crippen molar-refractivity contribution in [2.75, 3.05) is 6.61 Å². The molecular formula is C29H44O8. The van der Waals surface area contributed by atoms with Crippen LogP contribution in [0.3, 0.4) is 0 Å². The van der Waals surface area contributed by atoms with Crippen molar-refractivity contribution in [3.8, 4) is 0 Å². The fourth-order valence-electron chi connectivity index (χ4n) is 5.38. The largest absolute Gasteiger partial charge is 0.463 e. The summed E-state index contributed by atoms with van der Waals surface area (Å²) >= 11 is 0. The van der Waals surface area contributed by atoms with Crippen LogP contribution in [0.1, 0.15) is 86.5 Å². The summed E-state index contributed by atoms with van der Waals surface area (Å²) in [6.07, 6.45) is 10.1. The molecule has 2 rings (SSSR count). The van der Waals surface area contributed by atoms with Crippen molar-refractivity contribution in [2.24, 2.45) is 23.7 Å². The Balaban J connectivity index is 1.96. The van der Waals surface area contributed by atoms with E-state index < -0.39 is 18.0 Å². The maximum absolute atomic E-state index is 12.0. The summed E-state index contributed by atoms with van der Waals surface area (Å²) in [5.41, 5.74) is 1.36. The van der Waals surface area contributed by atoms with Crippen LogP contribution in [-0.2, 0) is 38.1 Å². The molecule has 208 valence electrons. The Hall–Kier alpha value is -2.64. The Morgan fingerprint density at radius 2 is 1.76 bits per heavy atom. The van der Waals surface area contributed by atoms with Crippen LogP contribution < -0.4 is 0 Å². The molecule has 0 saturated heterocycles. The molecule has 0 radical (unpaired) electrons. The van der Waals surface area contributed by atoms with Gasteiger partial charge in [0, 0.05) is 26.2 Å². The summed E-state index contributed by atoms with van der Waals surface area (Å²) in [5.74, 6) is -0.469. The molecule has 2 aliphatic carbocycles. The highest BCUT2D eigenvalue weighted by atomic mass is 16.6. The van der Waals surface area contributed by atoms with Gasteiger partial charge in [-0.2, -0.15) is 0 Å². The number of hydrogen-bond acceptors (Lipinski definition) is 8. The van der Waals surface area contributed by atoms with Gasteiger partial charge in [0.05, 0.1) is 6.61 Å². The smallest absolute Gasteiger partial charge is 0.347 e. The van der Waals surface area contributed by atoms with Crippen molar-refractivity contribution in [1.82, 2.24) is 0 Å². The third-order valence-corrected chi connectivity index (χ3v) is 7.38. The summed E-state index contributed by atoms with van der Waals surface area (Å²) in [5, 5.41) is 0. The average molecular weight is 521 g/mol. The number of rotatable bonds is 13. The van der Waals surface area contributed by atoms with Crippen LogP contribution in [0.15, 0.2) is 23.8 Å².